The predicted octanol–water partition coefficient (Wildman–Crippen LogP) is 3.29. The Morgan fingerprint density at radius 1 is 1.21 bits per heavy atom. The number of ether oxygens (including phenoxy) is 1. The zero-order valence-electron chi connectivity index (χ0n) is 19.6. The second-order valence-electron chi connectivity index (χ2n) is 9.28. The number of amides is 2. The van der Waals surface area contributed by atoms with Crippen molar-refractivity contribution in [3.05, 3.63) is 35.6 Å². The minimum atomic E-state index is -0.322. The molecule has 4 rings (SSSR count). The molecule has 2 aliphatic rings. The summed E-state index contributed by atoms with van der Waals surface area (Å²) in [5.74, 6) is 1.36. The molecule has 9 nitrogen and oxygen atoms in total. The molecule has 178 valence electrons. The van der Waals surface area contributed by atoms with E-state index in [2.05, 4.69) is 20.4 Å². The van der Waals surface area contributed by atoms with Crippen LogP contribution in [0.25, 0.3) is 0 Å². The number of nitrogens with one attached hydrogen (secondary N) is 1. The molecule has 0 radical (unpaired) electrons. The Hall–Kier alpha value is -2.97. The van der Waals surface area contributed by atoms with E-state index in [4.69, 9.17) is 9.26 Å². The van der Waals surface area contributed by atoms with E-state index in [0.717, 1.165) is 25.7 Å². The minimum Gasteiger partial charge on any atom is -0.481 e. The second-order valence-corrected chi connectivity index (χ2v) is 9.28. The number of hydrogen-bond donors (Lipinski definition) is 1. The predicted molar refractivity (Wildman–Crippen MR) is 121 cm³/mol. The van der Waals surface area contributed by atoms with E-state index >= 15 is 0 Å². The van der Waals surface area contributed by atoms with Crippen LogP contribution in [0.2, 0.25) is 0 Å². The summed E-state index contributed by atoms with van der Waals surface area (Å²) in [5.41, 5.74) is 0.494. The molecule has 1 aliphatic heterocycles. The Balaban J connectivity index is 1.63. The number of carbonyl (C=O) groups is 2. The van der Waals surface area contributed by atoms with Crippen LogP contribution in [0.5, 0.6) is 5.88 Å². The van der Waals surface area contributed by atoms with Gasteiger partial charge in [0.1, 0.15) is 0 Å². The molecule has 2 fully saturated rings. The molecular formula is C24H33N5O4. The monoisotopic (exact) mass is 455 g/mol. The minimum absolute atomic E-state index is 0.00125. The third-order valence-electron chi connectivity index (χ3n) is 6.67. The molecule has 0 unspecified atom stereocenters. The van der Waals surface area contributed by atoms with Gasteiger partial charge in [-0.3, -0.25) is 9.59 Å². The van der Waals surface area contributed by atoms with Crippen LogP contribution in [0.15, 0.2) is 22.9 Å². The number of nitrogens with zero attached hydrogens (tertiary/aromatic N) is 4. The van der Waals surface area contributed by atoms with E-state index in [1.165, 1.54) is 0 Å². The molecule has 0 spiro atoms. The highest BCUT2D eigenvalue weighted by Crippen LogP contribution is 2.41. The topological polar surface area (TPSA) is 110 Å². The highest BCUT2D eigenvalue weighted by Gasteiger charge is 2.45. The average Bonchev–Trinajstić information content (AvgIpc) is 3.47. The molecule has 3 atom stereocenters. The molecule has 1 aliphatic carbocycles. The third kappa shape index (κ3) is 5.17. The van der Waals surface area contributed by atoms with Gasteiger partial charge in [-0.15, -0.1) is 0 Å². The lowest BCUT2D eigenvalue weighted by molar-refractivity contribution is -0.126. The van der Waals surface area contributed by atoms with Crippen LogP contribution in [0, 0.1) is 5.92 Å². The van der Waals surface area contributed by atoms with Gasteiger partial charge in [0.05, 0.1) is 18.6 Å². The van der Waals surface area contributed by atoms with Crippen molar-refractivity contribution in [3.8, 4) is 5.88 Å². The normalized spacial score (nSPS) is 24.2. The number of rotatable bonds is 4. The lowest BCUT2D eigenvalue weighted by Gasteiger charge is -2.32. The Morgan fingerprint density at radius 2 is 2.03 bits per heavy atom. The molecule has 0 aromatic carbocycles. The van der Waals surface area contributed by atoms with Crippen LogP contribution in [-0.2, 0) is 4.79 Å². The number of methoxy groups -OCH3 is 1. The summed E-state index contributed by atoms with van der Waals surface area (Å²) in [7, 11) is 1.54. The van der Waals surface area contributed by atoms with Gasteiger partial charge in [0.2, 0.25) is 17.7 Å². The van der Waals surface area contributed by atoms with Crippen molar-refractivity contribution < 1.29 is 18.8 Å². The summed E-state index contributed by atoms with van der Waals surface area (Å²) in [6, 6.07) is 3.18. The van der Waals surface area contributed by atoms with Crippen LogP contribution >= 0.6 is 0 Å². The van der Waals surface area contributed by atoms with Gasteiger partial charge in [-0.05, 0) is 31.7 Å². The van der Waals surface area contributed by atoms with E-state index in [1.54, 1.807) is 25.4 Å². The molecule has 2 amide bonds. The number of fused-ring (bicyclic) bond motifs is 1. The van der Waals surface area contributed by atoms with Crippen molar-refractivity contribution >= 4 is 11.8 Å². The smallest absolute Gasteiger partial charge is 0.255 e. The van der Waals surface area contributed by atoms with Gasteiger partial charge in [0.15, 0.2) is 5.82 Å². The second kappa shape index (κ2) is 10.3. The van der Waals surface area contributed by atoms with E-state index in [-0.39, 0.29) is 35.6 Å². The standard InChI is InChI=1S/C24H33N5O4/c1-15(2)21-27-23(33-28-21)17-12-18-19(13-17)29(11-7-5-4-6-10-25-22(18)30)24(31)16-8-9-20(32-3)26-14-16/h8-9,14-15,17-19H,4-7,10-13H2,1-3H3,(H,25,30)/t17-,18-,19+/m1/s1. The van der Waals surface area contributed by atoms with Gasteiger partial charge in [-0.1, -0.05) is 31.8 Å². The van der Waals surface area contributed by atoms with Crippen LogP contribution < -0.4 is 10.1 Å². The van der Waals surface area contributed by atoms with Crippen LogP contribution in [0.4, 0.5) is 0 Å². The maximum absolute atomic E-state index is 13.6. The zero-order valence-corrected chi connectivity index (χ0v) is 19.6. The van der Waals surface area contributed by atoms with Gasteiger partial charge in [-0.2, -0.15) is 4.98 Å². The SMILES string of the molecule is COc1ccc(C(=O)N2CCCCCCNC(=O)[C@@H]3C[C@@H](c4nc(C(C)C)no4)C[C@@H]32)cn1. The fourth-order valence-electron chi connectivity index (χ4n) is 4.81. The first-order valence-corrected chi connectivity index (χ1v) is 11.9. The molecule has 1 saturated carbocycles. The van der Waals surface area contributed by atoms with Gasteiger partial charge < -0.3 is 19.5 Å². The Kier molecular flexibility index (Phi) is 7.25. The average molecular weight is 456 g/mol. The maximum atomic E-state index is 13.6. The highest BCUT2D eigenvalue weighted by molar-refractivity contribution is 5.94. The van der Waals surface area contributed by atoms with E-state index < -0.39 is 0 Å². The van der Waals surface area contributed by atoms with Crippen molar-refractivity contribution in [2.75, 3.05) is 20.2 Å². The molecule has 3 heterocycles. The quantitative estimate of drug-likeness (QED) is 0.753. The zero-order chi connectivity index (χ0) is 23.4. The summed E-state index contributed by atoms with van der Waals surface area (Å²) in [6.07, 6.45) is 6.64. The van der Waals surface area contributed by atoms with Gasteiger partial charge in [0, 0.05) is 43.2 Å². The fraction of sp³-hybridized carbons (Fsp3) is 0.625. The summed E-state index contributed by atoms with van der Waals surface area (Å²) in [5, 5.41) is 7.20. The van der Waals surface area contributed by atoms with E-state index in [9.17, 15) is 9.59 Å². The Bertz CT molecular complexity index is 958. The number of pyridine rings is 1. The van der Waals surface area contributed by atoms with Gasteiger partial charge >= 0.3 is 0 Å². The van der Waals surface area contributed by atoms with Gasteiger partial charge in [-0.25, -0.2) is 4.98 Å². The summed E-state index contributed by atoms with van der Waals surface area (Å²) < 4.78 is 10.7. The number of carbonyl (C=O) groups excluding carboxylic acids is 2. The lowest BCUT2D eigenvalue weighted by Crippen LogP contribution is -2.47. The fourth-order valence-corrected chi connectivity index (χ4v) is 4.81. The van der Waals surface area contributed by atoms with Crippen molar-refractivity contribution in [2.24, 2.45) is 5.92 Å². The molecule has 1 saturated heterocycles. The summed E-state index contributed by atoms with van der Waals surface area (Å²) in [4.78, 5) is 37.4. The molecule has 2 aromatic rings. The van der Waals surface area contributed by atoms with Crippen LogP contribution in [0.3, 0.4) is 0 Å². The summed E-state index contributed by atoms with van der Waals surface area (Å²) in [6.45, 7) is 5.31. The maximum Gasteiger partial charge on any atom is 0.255 e. The first kappa shape index (κ1) is 23.2. The molecule has 1 N–H and O–H groups in total. The first-order valence-electron chi connectivity index (χ1n) is 11.9. The lowest BCUT2D eigenvalue weighted by atomic mass is 9.99. The molecule has 2 aromatic heterocycles. The number of hydrogen-bond acceptors (Lipinski definition) is 7. The Labute approximate surface area is 194 Å². The van der Waals surface area contributed by atoms with Crippen molar-refractivity contribution in [3.63, 3.8) is 0 Å². The summed E-state index contributed by atoms with van der Waals surface area (Å²) >= 11 is 0. The molecule has 0 bridgehead atoms. The third-order valence-corrected chi connectivity index (χ3v) is 6.67. The van der Waals surface area contributed by atoms with Crippen LogP contribution in [0.1, 0.15) is 86.3 Å². The molecule has 33 heavy (non-hydrogen) atoms. The molecular weight excluding hydrogens is 422 g/mol. The van der Waals surface area contributed by atoms with E-state index in [0.29, 0.717) is 49.1 Å². The van der Waals surface area contributed by atoms with Crippen molar-refractivity contribution in [1.29, 1.82) is 0 Å². The molecule has 9 heteroatoms. The van der Waals surface area contributed by atoms with Crippen molar-refractivity contribution in [1.82, 2.24) is 25.3 Å². The number of aromatic nitrogens is 3. The highest BCUT2D eigenvalue weighted by atomic mass is 16.5. The first-order chi connectivity index (χ1) is 16.0. The van der Waals surface area contributed by atoms with Crippen molar-refractivity contribution in [2.45, 2.75) is 70.3 Å². The van der Waals surface area contributed by atoms with E-state index in [1.807, 2.05) is 18.7 Å². The largest absolute Gasteiger partial charge is 0.481 e. The Morgan fingerprint density at radius 3 is 2.73 bits per heavy atom. The van der Waals surface area contributed by atoms with Crippen LogP contribution in [-0.4, -0.2) is 58.1 Å². The van der Waals surface area contributed by atoms with Gasteiger partial charge in [0.25, 0.3) is 5.91 Å².